The Labute approximate surface area is 106 Å². The maximum Gasteiger partial charge on any atom is 0.190 e. The zero-order valence-electron chi connectivity index (χ0n) is 12.7. The molecule has 3 heteroatoms. The largest absolute Gasteiger partial charge is 0.415 e. The highest BCUT2D eigenvalue weighted by Crippen LogP contribution is 2.35. The van der Waals surface area contributed by atoms with Crippen LogP contribution in [0, 0.1) is 0 Å². The Kier molecular flexibility index (Phi) is 6.52. The van der Waals surface area contributed by atoms with E-state index in [4.69, 9.17) is 4.43 Å². The molecule has 0 aliphatic rings. The van der Waals surface area contributed by atoms with Crippen LogP contribution in [0.4, 0.5) is 0 Å². The highest BCUT2D eigenvalue weighted by Gasteiger charge is 2.39. The zero-order valence-corrected chi connectivity index (χ0v) is 14.8. The molecule has 0 aromatic carbocycles. The third-order valence-electron chi connectivity index (χ3n) is 4.39. The summed E-state index contributed by atoms with van der Waals surface area (Å²) in [6.07, 6.45) is 3.72. The zero-order chi connectivity index (χ0) is 13.0. The van der Waals surface area contributed by atoms with Gasteiger partial charge in [-0.2, -0.15) is 0 Å². The summed E-state index contributed by atoms with van der Waals surface area (Å²) in [5.74, 6) is 0. The van der Waals surface area contributed by atoms with Crippen molar-refractivity contribution in [2.45, 2.75) is 83.9 Å². The van der Waals surface area contributed by atoms with Crippen LogP contribution in [0.1, 0.15) is 47.0 Å². The third kappa shape index (κ3) is 4.00. The molecule has 16 heavy (non-hydrogen) atoms. The van der Waals surface area contributed by atoms with Crippen molar-refractivity contribution >= 4 is 17.1 Å². The van der Waals surface area contributed by atoms with E-state index in [1.165, 1.54) is 19.3 Å². The second-order valence-electron chi connectivity index (χ2n) is 6.04. The van der Waals surface area contributed by atoms with Crippen molar-refractivity contribution in [3.05, 3.63) is 0 Å². The van der Waals surface area contributed by atoms with Crippen molar-refractivity contribution in [1.82, 2.24) is 0 Å². The first kappa shape index (κ1) is 16.4. The minimum atomic E-state index is -1.52. The average Bonchev–Trinajstić information content (AvgIpc) is 2.17. The molecule has 98 valence electrons. The molecule has 0 saturated carbocycles. The maximum absolute atomic E-state index is 6.68. The van der Waals surface area contributed by atoms with Gasteiger partial charge in [0.2, 0.25) is 0 Å². The molecule has 0 unspecified atom stereocenters. The lowest BCUT2D eigenvalue weighted by Gasteiger charge is -2.43. The van der Waals surface area contributed by atoms with Gasteiger partial charge in [-0.25, -0.2) is 0 Å². The number of hydrogen-bond donors (Lipinski definition) is 0. The van der Waals surface area contributed by atoms with Gasteiger partial charge in [0.1, 0.15) is 0 Å². The van der Waals surface area contributed by atoms with Gasteiger partial charge in [0.25, 0.3) is 0 Å². The van der Waals surface area contributed by atoms with Crippen LogP contribution in [0.25, 0.3) is 0 Å². The molecular weight excluding hydrogens is 228 g/mol. The Morgan fingerprint density at radius 2 is 1.56 bits per heavy atom. The van der Waals surface area contributed by atoms with Gasteiger partial charge >= 0.3 is 0 Å². The van der Waals surface area contributed by atoms with Crippen molar-refractivity contribution in [1.29, 1.82) is 0 Å². The predicted molar refractivity (Wildman–Crippen MR) is 80.5 cm³/mol. The highest BCUT2D eigenvalue weighted by atomic mass is 28.4. The fourth-order valence-electron chi connectivity index (χ4n) is 2.55. The molecular formula is C13H32OSi2. The molecule has 0 bridgehead atoms. The van der Waals surface area contributed by atoms with Gasteiger partial charge in [0.15, 0.2) is 8.32 Å². The minimum Gasteiger partial charge on any atom is -0.415 e. The monoisotopic (exact) mass is 260 g/mol. The van der Waals surface area contributed by atoms with Crippen molar-refractivity contribution in [3.63, 3.8) is 0 Å². The Morgan fingerprint density at radius 3 is 1.81 bits per heavy atom. The Morgan fingerprint density at radius 1 is 1.12 bits per heavy atom. The van der Waals surface area contributed by atoms with Crippen LogP contribution in [-0.2, 0) is 4.43 Å². The van der Waals surface area contributed by atoms with Gasteiger partial charge in [0.05, 0.1) is 8.80 Å². The standard InChI is InChI=1S/C13H32OSi2/c1-9-12(10-2)16(7,8)14-13(4,11-3)15(5)6/h12,15H,9-11H2,1-8H3/t13-/m0/s1. The lowest BCUT2D eigenvalue weighted by Crippen LogP contribution is -2.51. The molecule has 0 heterocycles. The lowest BCUT2D eigenvalue weighted by molar-refractivity contribution is 0.148. The lowest BCUT2D eigenvalue weighted by atomic mass is 10.3. The minimum absolute atomic E-state index is 0.207. The van der Waals surface area contributed by atoms with Crippen LogP contribution < -0.4 is 0 Å². The molecule has 0 aromatic rings. The smallest absolute Gasteiger partial charge is 0.190 e. The summed E-state index contributed by atoms with van der Waals surface area (Å²) in [5.41, 5.74) is 0.811. The summed E-state index contributed by atoms with van der Waals surface area (Å²) in [7, 11) is -2.27. The van der Waals surface area contributed by atoms with E-state index in [1.54, 1.807) is 0 Å². The van der Waals surface area contributed by atoms with Crippen molar-refractivity contribution in [2.24, 2.45) is 0 Å². The summed E-state index contributed by atoms with van der Waals surface area (Å²) in [6, 6.07) is 0. The van der Waals surface area contributed by atoms with E-state index in [9.17, 15) is 0 Å². The normalized spacial score (nSPS) is 16.9. The summed E-state index contributed by atoms with van der Waals surface area (Å²) < 4.78 is 6.68. The molecule has 0 aliphatic carbocycles. The van der Waals surface area contributed by atoms with E-state index < -0.39 is 17.1 Å². The molecule has 0 aromatic heterocycles. The first-order valence-electron chi connectivity index (χ1n) is 6.93. The molecule has 0 saturated heterocycles. The van der Waals surface area contributed by atoms with E-state index in [-0.39, 0.29) is 5.22 Å². The molecule has 0 spiro atoms. The molecule has 0 fully saturated rings. The van der Waals surface area contributed by atoms with E-state index in [0.29, 0.717) is 0 Å². The molecule has 1 nitrogen and oxygen atoms in total. The first-order chi connectivity index (χ1) is 7.23. The van der Waals surface area contributed by atoms with Gasteiger partial charge in [0, 0.05) is 5.22 Å². The Bertz CT molecular complexity index is 200. The van der Waals surface area contributed by atoms with Crippen LogP contribution >= 0.6 is 0 Å². The summed E-state index contributed by atoms with van der Waals surface area (Å²) in [6.45, 7) is 18.9. The van der Waals surface area contributed by atoms with Crippen molar-refractivity contribution in [3.8, 4) is 0 Å². The van der Waals surface area contributed by atoms with Gasteiger partial charge in [-0.1, -0.05) is 46.7 Å². The van der Waals surface area contributed by atoms with Crippen molar-refractivity contribution in [2.75, 3.05) is 0 Å². The molecule has 0 aliphatic heterocycles. The van der Waals surface area contributed by atoms with E-state index in [2.05, 4.69) is 53.9 Å². The summed E-state index contributed by atoms with van der Waals surface area (Å²) >= 11 is 0. The average molecular weight is 261 g/mol. The fourth-order valence-corrected chi connectivity index (χ4v) is 8.70. The van der Waals surface area contributed by atoms with Gasteiger partial charge < -0.3 is 4.43 Å². The van der Waals surface area contributed by atoms with Crippen molar-refractivity contribution < 1.29 is 4.43 Å². The molecule has 0 radical (unpaired) electrons. The molecule has 0 rings (SSSR count). The van der Waals surface area contributed by atoms with Crippen LogP contribution in [0.5, 0.6) is 0 Å². The maximum atomic E-state index is 6.68. The third-order valence-corrected chi connectivity index (χ3v) is 11.4. The second kappa shape index (κ2) is 6.36. The molecule has 1 atom stereocenters. The number of hydrogen-bond acceptors (Lipinski definition) is 1. The van der Waals surface area contributed by atoms with Crippen LogP contribution in [0.15, 0.2) is 0 Å². The summed E-state index contributed by atoms with van der Waals surface area (Å²) in [4.78, 5) is 0. The predicted octanol–water partition coefficient (Wildman–Crippen LogP) is 4.59. The van der Waals surface area contributed by atoms with E-state index in [0.717, 1.165) is 5.54 Å². The molecule has 0 N–H and O–H groups in total. The van der Waals surface area contributed by atoms with Crippen LogP contribution in [-0.4, -0.2) is 22.3 Å². The van der Waals surface area contributed by atoms with Gasteiger partial charge in [-0.05, 0) is 32.0 Å². The Hall–Kier alpha value is 0.394. The number of rotatable bonds is 7. The van der Waals surface area contributed by atoms with Crippen LogP contribution in [0.3, 0.4) is 0 Å². The topological polar surface area (TPSA) is 9.23 Å². The van der Waals surface area contributed by atoms with Gasteiger partial charge in [-0.3, -0.25) is 0 Å². The fraction of sp³-hybridized carbons (Fsp3) is 1.00. The van der Waals surface area contributed by atoms with Gasteiger partial charge in [-0.15, -0.1) is 0 Å². The quantitative estimate of drug-likeness (QED) is 0.608. The summed E-state index contributed by atoms with van der Waals surface area (Å²) in [5, 5.41) is 0.207. The molecule has 0 amide bonds. The van der Waals surface area contributed by atoms with E-state index in [1.807, 2.05) is 0 Å². The highest BCUT2D eigenvalue weighted by molar-refractivity contribution is 6.74. The van der Waals surface area contributed by atoms with E-state index >= 15 is 0 Å². The second-order valence-corrected chi connectivity index (χ2v) is 13.8. The first-order valence-corrected chi connectivity index (χ1v) is 12.8. The SMILES string of the molecule is CCC(CC)[Si](C)(C)O[C@](C)(CC)[SiH](C)C. The Balaban J connectivity index is 4.78. The van der Waals surface area contributed by atoms with Crippen LogP contribution in [0.2, 0.25) is 31.7 Å².